The number of para-hydroxylation sites is 1. The van der Waals surface area contributed by atoms with Gasteiger partial charge in [-0.05, 0) is 61.9 Å². The Kier molecular flexibility index (Phi) is 4.80. The molecule has 0 bridgehead atoms. The predicted molar refractivity (Wildman–Crippen MR) is 112 cm³/mol. The standard InChI is InChI=1S/C23H18ClNO3/c1-14-7-12-18-15(2)22(28-21(18)13-14)23(26)25-16-8-10-17(11-9-16)27-20-6-4-3-5-19(20)24/h3-13H,1-2H3,(H,25,26). The maximum atomic E-state index is 12.7. The first-order chi connectivity index (χ1) is 13.5. The monoisotopic (exact) mass is 391 g/mol. The molecule has 1 amide bonds. The Morgan fingerprint density at radius 3 is 2.50 bits per heavy atom. The highest BCUT2D eigenvalue weighted by Gasteiger charge is 2.18. The highest BCUT2D eigenvalue weighted by atomic mass is 35.5. The summed E-state index contributed by atoms with van der Waals surface area (Å²) in [6, 6.07) is 20.3. The molecular weight excluding hydrogens is 374 g/mol. The van der Waals surface area contributed by atoms with E-state index in [9.17, 15) is 4.79 Å². The number of amides is 1. The Morgan fingerprint density at radius 2 is 1.75 bits per heavy atom. The molecule has 0 atom stereocenters. The minimum Gasteiger partial charge on any atom is -0.456 e. The summed E-state index contributed by atoms with van der Waals surface area (Å²) in [5.74, 6) is 1.23. The fourth-order valence-corrected chi connectivity index (χ4v) is 3.17. The molecule has 5 heteroatoms. The van der Waals surface area contributed by atoms with E-state index in [1.165, 1.54) is 0 Å². The third-order valence-electron chi connectivity index (χ3n) is 4.48. The summed E-state index contributed by atoms with van der Waals surface area (Å²) < 4.78 is 11.5. The van der Waals surface area contributed by atoms with Crippen LogP contribution < -0.4 is 10.1 Å². The Hall–Kier alpha value is -3.24. The van der Waals surface area contributed by atoms with Crippen LogP contribution in [0.25, 0.3) is 11.0 Å². The molecule has 28 heavy (non-hydrogen) atoms. The van der Waals surface area contributed by atoms with Crippen molar-refractivity contribution in [3.8, 4) is 11.5 Å². The number of carbonyl (C=O) groups is 1. The molecule has 3 aromatic carbocycles. The summed E-state index contributed by atoms with van der Waals surface area (Å²) in [5.41, 5.74) is 3.27. The molecule has 0 fully saturated rings. The largest absolute Gasteiger partial charge is 0.456 e. The molecule has 0 aliphatic rings. The van der Waals surface area contributed by atoms with Crippen LogP contribution in [0.1, 0.15) is 21.7 Å². The van der Waals surface area contributed by atoms with Gasteiger partial charge in [0, 0.05) is 16.6 Å². The van der Waals surface area contributed by atoms with E-state index < -0.39 is 0 Å². The van der Waals surface area contributed by atoms with Gasteiger partial charge < -0.3 is 14.5 Å². The Bertz CT molecular complexity index is 1160. The van der Waals surface area contributed by atoms with Crippen LogP contribution in [0.15, 0.2) is 71.1 Å². The quantitative estimate of drug-likeness (QED) is 0.418. The lowest BCUT2D eigenvalue weighted by Gasteiger charge is -2.09. The number of halogens is 1. The molecule has 1 N–H and O–H groups in total. The number of furan rings is 1. The topological polar surface area (TPSA) is 51.5 Å². The molecular formula is C23H18ClNO3. The van der Waals surface area contributed by atoms with Gasteiger partial charge in [0.15, 0.2) is 5.76 Å². The molecule has 4 nitrogen and oxygen atoms in total. The molecule has 1 aromatic heterocycles. The number of benzene rings is 3. The minimum absolute atomic E-state index is 0.286. The average Bonchev–Trinajstić information content (AvgIpc) is 3.01. The number of carbonyl (C=O) groups excluding carboxylic acids is 1. The number of fused-ring (bicyclic) bond motifs is 1. The van der Waals surface area contributed by atoms with Crippen LogP contribution in [0.4, 0.5) is 5.69 Å². The molecule has 0 spiro atoms. The van der Waals surface area contributed by atoms with Gasteiger partial charge in [-0.3, -0.25) is 4.79 Å². The Balaban J connectivity index is 1.51. The van der Waals surface area contributed by atoms with E-state index in [2.05, 4.69) is 5.32 Å². The van der Waals surface area contributed by atoms with Gasteiger partial charge in [-0.2, -0.15) is 0 Å². The van der Waals surface area contributed by atoms with Crippen molar-refractivity contribution < 1.29 is 13.9 Å². The van der Waals surface area contributed by atoms with Crippen molar-refractivity contribution in [1.29, 1.82) is 0 Å². The van der Waals surface area contributed by atoms with Crippen LogP contribution in [0.3, 0.4) is 0 Å². The second-order valence-corrected chi connectivity index (χ2v) is 6.97. The number of hydrogen-bond donors (Lipinski definition) is 1. The van der Waals surface area contributed by atoms with Crippen LogP contribution in [0, 0.1) is 13.8 Å². The van der Waals surface area contributed by atoms with Crippen molar-refractivity contribution in [3.05, 3.63) is 88.6 Å². The van der Waals surface area contributed by atoms with E-state index in [-0.39, 0.29) is 5.91 Å². The number of anilines is 1. The van der Waals surface area contributed by atoms with E-state index >= 15 is 0 Å². The Morgan fingerprint density at radius 1 is 1.00 bits per heavy atom. The van der Waals surface area contributed by atoms with Gasteiger partial charge >= 0.3 is 0 Å². The lowest BCUT2D eigenvalue weighted by molar-refractivity contribution is 0.0998. The van der Waals surface area contributed by atoms with Crippen LogP contribution in [0.2, 0.25) is 5.02 Å². The summed E-state index contributed by atoms with van der Waals surface area (Å²) in [6.07, 6.45) is 0. The van der Waals surface area contributed by atoms with Gasteiger partial charge in [0.2, 0.25) is 0 Å². The van der Waals surface area contributed by atoms with Gasteiger partial charge in [0.25, 0.3) is 5.91 Å². The molecule has 0 saturated heterocycles. The molecule has 1 heterocycles. The molecule has 0 aliphatic carbocycles. The third-order valence-corrected chi connectivity index (χ3v) is 4.79. The van der Waals surface area contributed by atoms with E-state index in [1.807, 2.05) is 44.2 Å². The molecule has 0 aliphatic heterocycles. The number of ether oxygens (including phenoxy) is 1. The lowest BCUT2D eigenvalue weighted by atomic mass is 10.1. The van der Waals surface area contributed by atoms with Crippen molar-refractivity contribution in [3.63, 3.8) is 0 Å². The van der Waals surface area contributed by atoms with Gasteiger partial charge in [-0.15, -0.1) is 0 Å². The number of nitrogens with one attached hydrogen (secondary N) is 1. The predicted octanol–water partition coefficient (Wildman–Crippen LogP) is 6.75. The van der Waals surface area contributed by atoms with Gasteiger partial charge in [0.1, 0.15) is 17.1 Å². The number of rotatable bonds is 4. The van der Waals surface area contributed by atoms with Crippen molar-refractivity contribution >= 4 is 34.2 Å². The zero-order chi connectivity index (χ0) is 19.7. The normalized spacial score (nSPS) is 10.8. The maximum Gasteiger partial charge on any atom is 0.291 e. The SMILES string of the molecule is Cc1ccc2c(C)c(C(=O)Nc3ccc(Oc4ccccc4Cl)cc3)oc2c1. The number of aryl methyl sites for hydroxylation is 2. The van der Waals surface area contributed by atoms with E-state index in [1.54, 1.807) is 36.4 Å². The highest BCUT2D eigenvalue weighted by Crippen LogP contribution is 2.30. The van der Waals surface area contributed by atoms with Crippen LogP contribution in [-0.4, -0.2) is 5.91 Å². The van der Waals surface area contributed by atoms with Crippen molar-refractivity contribution in [1.82, 2.24) is 0 Å². The third kappa shape index (κ3) is 3.59. The summed E-state index contributed by atoms with van der Waals surface area (Å²) in [6.45, 7) is 3.87. The second-order valence-electron chi connectivity index (χ2n) is 6.57. The zero-order valence-electron chi connectivity index (χ0n) is 15.5. The smallest absolute Gasteiger partial charge is 0.291 e. The van der Waals surface area contributed by atoms with Crippen LogP contribution in [0.5, 0.6) is 11.5 Å². The number of hydrogen-bond acceptors (Lipinski definition) is 3. The first kappa shape index (κ1) is 18.1. The molecule has 140 valence electrons. The van der Waals surface area contributed by atoms with Crippen LogP contribution in [-0.2, 0) is 0 Å². The molecule has 0 unspecified atom stereocenters. The first-order valence-corrected chi connectivity index (χ1v) is 9.22. The summed E-state index contributed by atoms with van der Waals surface area (Å²) in [5, 5.41) is 4.34. The summed E-state index contributed by atoms with van der Waals surface area (Å²) in [7, 11) is 0. The van der Waals surface area contributed by atoms with Crippen molar-refractivity contribution in [2.45, 2.75) is 13.8 Å². The highest BCUT2D eigenvalue weighted by molar-refractivity contribution is 6.32. The van der Waals surface area contributed by atoms with Gasteiger partial charge in [-0.1, -0.05) is 35.9 Å². The van der Waals surface area contributed by atoms with Gasteiger partial charge in [0.05, 0.1) is 5.02 Å². The first-order valence-electron chi connectivity index (χ1n) is 8.85. The van der Waals surface area contributed by atoms with Gasteiger partial charge in [-0.25, -0.2) is 0 Å². The zero-order valence-corrected chi connectivity index (χ0v) is 16.2. The fourth-order valence-electron chi connectivity index (χ4n) is 3.00. The Labute approximate surface area is 167 Å². The fraction of sp³-hybridized carbons (Fsp3) is 0.0870. The van der Waals surface area contributed by atoms with Crippen molar-refractivity contribution in [2.75, 3.05) is 5.32 Å². The van der Waals surface area contributed by atoms with Crippen molar-refractivity contribution in [2.24, 2.45) is 0 Å². The minimum atomic E-state index is -0.286. The van der Waals surface area contributed by atoms with E-state index in [0.717, 1.165) is 16.5 Å². The van der Waals surface area contributed by atoms with E-state index in [4.69, 9.17) is 20.8 Å². The second kappa shape index (κ2) is 7.41. The van der Waals surface area contributed by atoms with E-state index in [0.29, 0.717) is 33.6 Å². The van der Waals surface area contributed by atoms with Crippen LogP contribution >= 0.6 is 11.6 Å². The summed E-state index contributed by atoms with van der Waals surface area (Å²) >= 11 is 6.11. The summed E-state index contributed by atoms with van der Waals surface area (Å²) in [4.78, 5) is 12.7. The molecule has 0 radical (unpaired) electrons. The molecule has 4 aromatic rings. The maximum absolute atomic E-state index is 12.7. The lowest BCUT2D eigenvalue weighted by Crippen LogP contribution is -2.11. The molecule has 0 saturated carbocycles. The molecule has 4 rings (SSSR count). The average molecular weight is 392 g/mol.